The summed E-state index contributed by atoms with van der Waals surface area (Å²) in [5.41, 5.74) is 1.44. The number of carbonyl (C=O) groups is 2. The molecule has 2 N–H and O–H groups in total. The third kappa shape index (κ3) is 5.90. The van der Waals surface area contributed by atoms with Crippen molar-refractivity contribution in [3.05, 3.63) is 65.2 Å². The number of halogens is 1. The molecule has 0 saturated carbocycles. The van der Waals surface area contributed by atoms with Crippen LogP contribution in [-0.4, -0.2) is 53.9 Å². The number of benzene rings is 2. The molecular formula is C22H26ClN3O2S. The van der Waals surface area contributed by atoms with Crippen molar-refractivity contribution in [1.82, 2.24) is 10.2 Å². The average molecular weight is 432 g/mol. The number of nitrogens with one attached hydrogen (secondary N) is 2. The van der Waals surface area contributed by atoms with Gasteiger partial charge >= 0.3 is 0 Å². The molecule has 0 spiro atoms. The van der Waals surface area contributed by atoms with Crippen LogP contribution in [0, 0.1) is 0 Å². The van der Waals surface area contributed by atoms with Gasteiger partial charge in [0.2, 0.25) is 5.91 Å². The minimum absolute atomic E-state index is 0.0307. The Kier molecular flexibility index (Phi) is 7.83. The molecule has 1 saturated heterocycles. The van der Waals surface area contributed by atoms with Crippen molar-refractivity contribution in [2.45, 2.75) is 24.9 Å². The lowest BCUT2D eigenvalue weighted by molar-refractivity contribution is -0.132. The highest BCUT2D eigenvalue weighted by atomic mass is 35.5. The summed E-state index contributed by atoms with van der Waals surface area (Å²) in [7, 11) is 0. The van der Waals surface area contributed by atoms with Crippen LogP contribution in [0.3, 0.4) is 0 Å². The van der Waals surface area contributed by atoms with E-state index in [4.69, 9.17) is 11.6 Å². The lowest BCUT2D eigenvalue weighted by atomic mass is 10.1. The van der Waals surface area contributed by atoms with Crippen molar-refractivity contribution in [2.75, 3.05) is 30.4 Å². The summed E-state index contributed by atoms with van der Waals surface area (Å²) < 4.78 is 0. The third-order valence-corrected chi connectivity index (χ3v) is 5.95. The van der Waals surface area contributed by atoms with Crippen LogP contribution in [0.25, 0.3) is 0 Å². The van der Waals surface area contributed by atoms with Crippen LogP contribution in [0.15, 0.2) is 54.6 Å². The van der Waals surface area contributed by atoms with E-state index in [9.17, 15) is 9.59 Å². The molecule has 0 aromatic heterocycles. The SMILES string of the molecule is CSCCC(NC(=O)c1ccccc1Cl)C(=O)N1CCC(Nc2ccccc2)C1. The molecule has 2 unspecified atom stereocenters. The number of hydrogen-bond acceptors (Lipinski definition) is 4. The Hall–Kier alpha value is -2.18. The molecular weight excluding hydrogens is 406 g/mol. The first-order valence-corrected chi connectivity index (χ1v) is 11.5. The second-order valence-corrected chi connectivity index (χ2v) is 8.46. The number of rotatable bonds is 8. The van der Waals surface area contributed by atoms with Crippen molar-refractivity contribution in [3.8, 4) is 0 Å². The summed E-state index contributed by atoms with van der Waals surface area (Å²) in [4.78, 5) is 27.7. The quantitative estimate of drug-likeness (QED) is 0.665. The van der Waals surface area contributed by atoms with Crippen LogP contribution in [0.4, 0.5) is 5.69 Å². The Bertz CT molecular complexity index is 834. The van der Waals surface area contributed by atoms with Gasteiger partial charge in [-0.1, -0.05) is 41.9 Å². The molecule has 2 aromatic rings. The second kappa shape index (κ2) is 10.6. The first-order valence-electron chi connectivity index (χ1n) is 9.73. The molecule has 0 aliphatic carbocycles. The number of thioether (sulfide) groups is 1. The highest BCUT2D eigenvalue weighted by Crippen LogP contribution is 2.19. The summed E-state index contributed by atoms with van der Waals surface area (Å²) in [6.45, 7) is 1.31. The Morgan fingerprint density at radius 2 is 1.90 bits per heavy atom. The number of nitrogens with zero attached hydrogens (tertiary/aromatic N) is 1. The normalized spacial score (nSPS) is 17.0. The van der Waals surface area contributed by atoms with Gasteiger partial charge in [-0.2, -0.15) is 11.8 Å². The van der Waals surface area contributed by atoms with E-state index in [-0.39, 0.29) is 17.9 Å². The number of carbonyl (C=O) groups excluding carboxylic acids is 2. The maximum Gasteiger partial charge on any atom is 0.253 e. The molecule has 2 amide bonds. The van der Waals surface area contributed by atoms with Crippen LogP contribution in [0.5, 0.6) is 0 Å². The van der Waals surface area contributed by atoms with Crippen molar-refractivity contribution in [2.24, 2.45) is 0 Å². The summed E-state index contributed by atoms with van der Waals surface area (Å²) >= 11 is 7.80. The largest absolute Gasteiger partial charge is 0.380 e. The lowest BCUT2D eigenvalue weighted by Gasteiger charge is -2.25. The molecule has 1 aliphatic rings. The van der Waals surface area contributed by atoms with Crippen molar-refractivity contribution >= 4 is 40.9 Å². The second-order valence-electron chi connectivity index (χ2n) is 7.07. The fourth-order valence-electron chi connectivity index (χ4n) is 3.44. The molecule has 2 atom stereocenters. The van der Waals surface area contributed by atoms with Crippen LogP contribution >= 0.6 is 23.4 Å². The monoisotopic (exact) mass is 431 g/mol. The minimum Gasteiger partial charge on any atom is -0.380 e. The predicted molar refractivity (Wildman–Crippen MR) is 121 cm³/mol. The van der Waals surface area contributed by atoms with Gasteiger partial charge in [0.1, 0.15) is 6.04 Å². The Morgan fingerprint density at radius 1 is 1.17 bits per heavy atom. The third-order valence-electron chi connectivity index (χ3n) is 4.98. The van der Waals surface area contributed by atoms with Crippen molar-refractivity contribution in [1.29, 1.82) is 0 Å². The molecule has 29 heavy (non-hydrogen) atoms. The first kappa shape index (κ1) is 21.5. The standard InChI is InChI=1S/C22H26ClN3O2S/c1-29-14-12-20(25-21(27)18-9-5-6-10-19(18)23)22(28)26-13-11-17(15-26)24-16-7-3-2-4-8-16/h2-10,17,20,24H,11-15H2,1H3,(H,25,27). The smallest absolute Gasteiger partial charge is 0.253 e. The number of hydrogen-bond donors (Lipinski definition) is 2. The Balaban J connectivity index is 1.63. The molecule has 0 radical (unpaired) electrons. The molecule has 5 nitrogen and oxygen atoms in total. The summed E-state index contributed by atoms with van der Waals surface area (Å²) in [5.74, 6) is 0.448. The molecule has 3 rings (SSSR count). The van der Waals surface area contributed by atoms with Crippen LogP contribution in [0.2, 0.25) is 5.02 Å². The molecule has 1 heterocycles. The van der Waals surface area contributed by atoms with Gasteiger partial charge in [0.25, 0.3) is 5.91 Å². The Labute approximate surface area is 181 Å². The maximum absolute atomic E-state index is 13.1. The van der Waals surface area contributed by atoms with Crippen LogP contribution < -0.4 is 10.6 Å². The highest BCUT2D eigenvalue weighted by Gasteiger charge is 2.31. The van der Waals surface area contributed by atoms with Gasteiger partial charge in [0.05, 0.1) is 10.6 Å². The number of likely N-dealkylation sites (tertiary alicyclic amines) is 1. The van der Waals surface area contributed by atoms with Gasteiger partial charge in [-0.15, -0.1) is 0 Å². The Morgan fingerprint density at radius 3 is 2.62 bits per heavy atom. The zero-order valence-electron chi connectivity index (χ0n) is 16.4. The fourth-order valence-corrected chi connectivity index (χ4v) is 4.14. The van der Waals surface area contributed by atoms with E-state index in [1.807, 2.05) is 41.5 Å². The average Bonchev–Trinajstić information content (AvgIpc) is 3.20. The van der Waals surface area contributed by atoms with Crippen molar-refractivity contribution < 1.29 is 9.59 Å². The fraction of sp³-hybridized carbons (Fsp3) is 0.364. The zero-order chi connectivity index (χ0) is 20.6. The van der Waals surface area contributed by atoms with Crippen LogP contribution in [-0.2, 0) is 4.79 Å². The molecule has 2 aromatic carbocycles. The number of anilines is 1. The lowest BCUT2D eigenvalue weighted by Crippen LogP contribution is -2.48. The minimum atomic E-state index is -0.554. The van der Waals surface area contributed by atoms with Gasteiger partial charge in [-0.3, -0.25) is 9.59 Å². The van der Waals surface area contributed by atoms with E-state index >= 15 is 0 Å². The van der Waals surface area contributed by atoms with E-state index < -0.39 is 6.04 Å². The molecule has 1 aliphatic heterocycles. The maximum atomic E-state index is 13.1. The number of amides is 2. The topological polar surface area (TPSA) is 61.4 Å². The van der Waals surface area contributed by atoms with Gasteiger partial charge in [-0.25, -0.2) is 0 Å². The summed E-state index contributed by atoms with van der Waals surface area (Å²) in [5, 5.41) is 6.76. The number of para-hydroxylation sites is 1. The molecule has 1 fully saturated rings. The zero-order valence-corrected chi connectivity index (χ0v) is 18.0. The van der Waals surface area contributed by atoms with E-state index in [1.54, 1.807) is 36.0 Å². The molecule has 154 valence electrons. The first-order chi connectivity index (χ1) is 14.1. The van der Waals surface area contributed by atoms with E-state index in [0.717, 1.165) is 17.9 Å². The predicted octanol–water partition coefficient (Wildman–Crippen LogP) is 3.90. The van der Waals surface area contributed by atoms with Gasteiger partial charge < -0.3 is 15.5 Å². The van der Waals surface area contributed by atoms with Crippen LogP contribution in [0.1, 0.15) is 23.2 Å². The van der Waals surface area contributed by atoms with Gasteiger partial charge in [0.15, 0.2) is 0 Å². The molecule has 0 bridgehead atoms. The van der Waals surface area contributed by atoms with E-state index in [2.05, 4.69) is 10.6 Å². The van der Waals surface area contributed by atoms with Gasteiger partial charge in [-0.05, 0) is 49.1 Å². The highest BCUT2D eigenvalue weighted by molar-refractivity contribution is 7.98. The van der Waals surface area contributed by atoms with Crippen molar-refractivity contribution in [3.63, 3.8) is 0 Å². The van der Waals surface area contributed by atoms with E-state index in [0.29, 0.717) is 30.1 Å². The summed E-state index contributed by atoms with van der Waals surface area (Å²) in [6.07, 6.45) is 3.46. The van der Waals surface area contributed by atoms with E-state index in [1.165, 1.54) is 0 Å². The molecule has 7 heteroatoms. The van der Waals surface area contributed by atoms with Gasteiger partial charge in [0, 0.05) is 24.8 Å². The summed E-state index contributed by atoms with van der Waals surface area (Å²) in [6, 6.07) is 16.5.